The number of carbonyl (C=O) groups is 1. The van der Waals surface area contributed by atoms with Gasteiger partial charge in [0.05, 0.1) is 16.2 Å². The van der Waals surface area contributed by atoms with Crippen LogP contribution in [0.3, 0.4) is 0 Å². The monoisotopic (exact) mass is 396 g/mol. The van der Waals surface area contributed by atoms with Gasteiger partial charge in [0.2, 0.25) is 0 Å². The molecule has 1 aliphatic heterocycles. The summed E-state index contributed by atoms with van der Waals surface area (Å²) in [4.78, 5) is 14.7. The van der Waals surface area contributed by atoms with Crippen molar-refractivity contribution in [3.63, 3.8) is 0 Å². The first-order chi connectivity index (χ1) is 13.2. The summed E-state index contributed by atoms with van der Waals surface area (Å²) in [6.45, 7) is 4.23. The first-order valence-electron chi connectivity index (χ1n) is 8.83. The van der Waals surface area contributed by atoms with Crippen molar-refractivity contribution in [2.45, 2.75) is 25.3 Å². The Hall–Kier alpha value is -2.93. The molecule has 4 rings (SSSR count). The summed E-state index contributed by atoms with van der Waals surface area (Å²) in [5, 5.41) is 4.03. The van der Waals surface area contributed by atoms with E-state index in [1.54, 1.807) is 30.1 Å². The average Bonchev–Trinajstić information content (AvgIpc) is 3.12. The predicted octanol–water partition coefficient (Wildman–Crippen LogP) is 3.61. The van der Waals surface area contributed by atoms with Crippen LogP contribution in [0.2, 0.25) is 0 Å². The molecule has 1 aromatic heterocycles. The van der Waals surface area contributed by atoms with Crippen LogP contribution in [0, 0.1) is 13.8 Å². The zero-order valence-electron chi connectivity index (χ0n) is 16.1. The molecule has 0 unspecified atom stereocenters. The topological polar surface area (TPSA) is 80.5 Å². The third kappa shape index (κ3) is 2.92. The van der Waals surface area contributed by atoms with Crippen molar-refractivity contribution in [2.24, 2.45) is 0 Å². The van der Waals surface area contributed by atoms with E-state index in [1.807, 2.05) is 32.0 Å². The van der Waals surface area contributed by atoms with Crippen LogP contribution in [-0.4, -0.2) is 37.7 Å². The second-order valence-corrected chi connectivity index (χ2v) is 9.23. The highest BCUT2D eigenvalue weighted by atomic mass is 32.2. The van der Waals surface area contributed by atoms with Crippen molar-refractivity contribution in [2.75, 3.05) is 13.3 Å². The molecule has 0 N–H and O–H groups in total. The fourth-order valence-electron chi connectivity index (χ4n) is 3.76. The summed E-state index contributed by atoms with van der Waals surface area (Å²) < 4.78 is 29.3. The van der Waals surface area contributed by atoms with Gasteiger partial charge in [-0.3, -0.25) is 4.79 Å². The molecule has 2 heterocycles. The van der Waals surface area contributed by atoms with Gasteiger partial charge in [-0.2, -0.15) is 0 Å². The number of amides is 1. The highest BCUT2D eigenvalue weighted by Gasteiger charge is 2.30. The average molecular weight is 396 g/mol. The van der Waals surface area contributed by atoms with E-state index in [-0.39, 0.29) is 10.8 Å². The molecule has 2 aromatic carbocycles. The van der Waals surface area contributed by atoms with E-state index in [1.165, 1.54) is 6.26 Å². The highest BCUT2D eigenvalue weighted by Crippen LogP contribution is 2.38. The van der Waals surface area contributed by atoms with Crippen molar-refractivity contribution in [3.05, 3.63) is 59.0 Å². The summed E-state index contributed by atoms with van der Waals surface area (Å²) in [7, 11) is -1.60. The van der Waals surface area contributed by atoms with Gasteiger partial charge in [-0.15, -0.1) is 0 Å². The van der Waals surface area contributed by atoms with E-state index in [2.05, 4.69) is 5.16 Å². The van der Waals surface area contributed by atoms with E-state index in [9.17, 15) is 13.2 Å². The molecule has 1 amide bonds. The van der Waals surface area contributed by atoms with Gasteiger partial charge in [-0.1, -0.05) is 17.3 Å². The number of hydrogen-bond acceptors (Lipinski definition) is 5. The van der Waals surface area contributed by atoms with Crippen molar-refractivity contribution in [3.8, 4) is 22.3 Å². The molecule has 0 aliphatic carbocycles. The van der Waals surface area contributed by atoms with Gasteiger partial charge < -0.3 is 9.42 Å². The van der Waals surface area contributed by atoms with Crippen LogP contribution in [0.15, 0.2) is 45.8 Å². The number of sulfone groups is 1. The van der Waals surface area contributed by atoms with Crippen LogP contribution in [0.5, 0.6) is 0 Å². The summed E-state index contributed by atoms with van der Waals surface area (Å²) in [5.74, 6) is 0.631. The summed E-state index contributed by atoms with van der Waals surface area (Å²) >= 11 is 0. The fourth-order valence-corrected chi connectivity index (χ4v) is 4.43. The van der Waals surface area contributed by atoms with Crippen molar-refractivity contribution < 1.29 is 17.7 Å². The quantitative estimate of drug-likeness (QED) is 0.676. The Morgan fingerprint density at radius 1 is 1.07 bits per heavy atom. The van der Waals surface area contributed by atoms with Crippen LogP contribution >= 0.6 is 0 Å². The number of fused-ring (bicyclic) bond motifs is 1. The number of nitrogens with zero attached hydrogens (tertiary/aromatic N) is 2. The van der Waals surface area contributed by atoms with Crippen molar-refractivity contribution >= 4 is 15.7 Å². The van der Waals surface area contributed by atoms with Crippen LogP contribution in [0.1, 0.15) is 27.4 Å². The largest absolute Gasteiger partial charge is 0.361 e. The third-order valence-electron chi connectivity index (χ3n) is 5.08. The lowest BCUT2D eigenvalue weighted by Crippen LogP contribution is -2.17. The molecule has 0 saturated heterocycles. The number of aromatic nitrogens is 1. The minimum Gasteiger partial charge on any atom is -0.361 e. The lowest BCUT2D eigenvalue weighted by atomic mass is 9.91. The molecule has 0 radical (unpaired) electrons. The molecular weight excluding hydrogens is 376 g/mol. The summed E-state index contributed by atoms with van der Waals surface area (Å²) in [6.07, 6.45) is 1.18. The number of carbonyl (C=O) groups excluding carboxylic acids is 1. The van der Waals surface area contributed by atoms with Crippen LogP contribution < -0.4 is 0 Å². The molecule has 0 saturated carbocycles. The molecule has 28 heavy (non-hydrogen) atoms. The number of hydrogen-bond donors (Lipinski definition) is 0. The van der Waals surface area contributed by atoms with Gasteiger partial charge in [0.25, 0.3) is 5.91 Å². The molecule has 1 aliphatic rings. The summed E-state index contributed by atoms with van der Waals surface area (Å²) in [5.41, 5.74) is 5.49. The molecule has 0 bridgehead atoms. The zero-order chi connectivity index (χ0) is 20.2. The zero-order valence-corrected chi connectivity index (χ0v) is 16.9. The number of aryl methyl sites for hydroxylation is 2. The smallest absolute Gasteiger partial charge is 0.254 e. The second-order valence-electron chi connectivity index (χ2n) is 7.22. The van der Waals surface area contributed by atoms with E-state index in [0.717, 1.165) is 22.4 Å². The molecule has 0 fully saturated rings. The van der Waals surface area contributed by atoms with Gasteiger partial charge in [0.15, 0.2) is 9.84 Å². The maximum Gasteiger partial charge on any atom is 0.254 e. The molecule has 7 heteroatoms. The number of benzene rings is 2. The Labute approximate surface area is 163 Å². The van der Waals surface area contributed by atoms with Crippen LogP contribution in [0.4, 0.5) is 0 Å². The lowest BCUT2D eigenvalue weighted by Gasteiger charge is -2.12. The van der Waals surface area contributed by atoms with E-state index in [4.69, 9.17) is 4.52 Å². The fraction of sp³-hybridized carbons (Fsp3) is 0.238. The predicted molar refractivity (Wildman–Crippen MR) is 106 cm³/mol. The summed E-state index contributed by atoms with van der Waals surface area (Å²) in [6, 6.07) is 10.6. The Morgan fingerprint density at radius 2 is 1.82 bits per heavy atom. The molecule has 144 valence electrons. The Balaban J connectivity index is 2.01. The standard InChI is InChI=1S/C21H20N2O4S/c1-12-19(13(2)27-22-12)15-8-16-11-23(3)21(24)20(16)18(10-15)14-6-5-7-17(9-14)28(4,25)26/h5-10H,11H2,1-4H3. The minimum atomic E-state index is -3.36. The minimum absolute atomic E-state index is 0.0694. The maximum absolute atomic E-state index is 12.8. The van der Waals surface area contributed by atoms with Crippen LogP contribution in [0.25, 0.3) is 22.3 Å². The van der Waals surface area contributed by atoms with Gasteiger partial charge >= 0.3 is 0 Å². The molecule has 6 nitrogen and oxygen atoms in total. The Bertz CT molecular complexity index is 1210. The lowest BCUT2D eigenvalue weighted by molar-refractivity contribution is 0.0817. The van der Waals surface area contributed by atoms with E-state index in [0.29, 0.717) is 29.0 Å². The first-order valence-corrected chi connectivity index (χ1v) is 10.7. The van der Waals surface area contributed by atoms with Gasteiger partial charge in [0, 0.05) is 25.4 Å². The van der Waals surface area contributed by atoms with E-state index >= 15 is 0 Å². The van der Waals surface area contributed by atoms with Crippen molar-refractivity contribution in [1.29, 1.82) is 0 Å². The maximum atomic E-state index is 12.8. The van der Waals surface area contributed by atoms with E-state index < -0.39 is 9.84 Å². The SMILES string of the molecule is Cc1noc(C)c1-c1cc2c(c(-c3cccc(S(C)(=O)=O)c3)c1)C(=O)N(C)C2. The Kier molecular flexibility index (Phi) is 4.15. The molecule has 3 aromatic rings. The molecular formula is C21H20N2O4S. The van der Waals surface area contributed by atoms with Gasteiger partial charge in [-0.05, 0) is 60.4 Å². The second kappa shape index (κ2) is 6.31. The highest BCUT2D eigenvalue weighted by molar-refractivity contribution is 7.90. The van der Waals surface area contributed by atoms with Crippen LogP contribution in [-0.2, 0) is 16.4 Å². The first kappa shape index (κ1) is 18.4. The molecule has 0 atom stereocenters. The van der Waals surface area contributed by atoms with Gasteiger partial charge in [-0.25, -0.2) is 8.42 Å². The third-order valence-corrected chi connectivity index (χ3v) is 6.19. The normalized spacial score (nSPS) is 13.9. The Morgan fingerprint density at radius 3 is 2.46 bits per heavy atom. The van der Waals surface area contributed by atoms with Crippen molar-refractivity contribution in [1.82, 2.24) is 10.1 Å². The van der Waals surface area contributed by atoms with Gasteiger partial charge in [0.1, 0.15) is 5.76 Å². The number of rotatable bonds is 3. The molecule has 0 spiro atoms.